The molecule has 7 heavy (non-hydrogen) atoms. The zero-order valence-corrected chi connectivity index (χ0v) is 5.16. The van der Waals surface area contributed by atoms with Gasteiger partial charge in [0.2, 0.25) is 5.63 Å². The number of hydrogen-bond donors (Lipinski definition) is 0. The predicted molar refractivity (Wildman–Crippen MR) is 30.6 cm³/mol. The lowest BCUT2D eigenvalue weighted by Crippen LogP contribution is -1.83. The van der Waals surface area contributed by atoms with Gasteiger partial charge in [-0.15, -0.1) is 0 Å². The molecule has 0 aliphatic carbocycles. The highest BCUT2D eigenvalue weighted by atomic mass is 31.0. The number of rotatable bonds is 0. The number of nitrogens with zero attached hydrogens (tertiary/aromatic N) is 1. The second-order valence-corrected chi connectivity index (χ2v) is 1.80. The van der Waals surface area contributed by atoms with Crippen LogP contribution >= 0.6 is 9.24 Å². The maximum absolute atomic E-state index is 4.94. The lowest BCUT2D eigenvalue weighted by molar-refractivity contribution is 0.564. The first-order valence-electron chi connectivity index (χ1n) is 1.97. The summed E-state index contributed by atoms with van der Waals surface area (Å²) in [5.41, 5.74) is 0.650. The Morgan fingerprint density at radius 3 is 2.71 bits per heavy atom. The van der Waals surface area contributed by atoms with Gasteiger partial charge in [0, 0.05) is 0 Å². The minimum absolute atomic E-state index is 0.650. The molecule has 1 heterocycles. The Hall–Kier alpha value is -0.360. The summed E-state index contributed by atoms with van der Waals surface area (Å²) in [5, 5.41) is 0. The number of hydrogen-bond acceptors (Lipinski definition) is 2. The Labute approximate surface area is 44.1 Å². The standard InChI is InChI=1S/C4H6NOP/c1-3-2-5-4(7)6-3/h2H,7H2,1H3. The Kier molecular flexibility index (Phi) is 1.11. The summed E-state index contributed by atoms with van der Waals surface area (Å²) in [6.45, 7) is 1.86. The van der Waals surface area contributed by atoms with Crippen molar-refractivity contribution in [3.05, 3.63) is 12.0 Å². The molecular formula is C4H6NOP. The van der Waals surface area contributed by atoms with Gasteiger partial charge in [-0.3, -0.25) is 0 Å². The van der Waals surface area contributed by atoms with E-state index in [1.54, 1.807) is 6.20 Å². The highest BCUT2D eigenvalue weighted by Gasteiger charge is 1.87. The maximum Gasteiger partial charge on any atom is 0.209 e. The Bertz CT molecular complexity index is 144. The van der Waals surface area contributed by atoms with E-state index >= 15 is 0 Å². The molecule has 1 unspecified atom stereocenters. The monoisotopic (exact) mass is 115 g/mol. The lowest BCUT2D eigenvalue weighted by atomic mass is 10.6. The van der Waals surface area contributed by atoms with E-state index in [-0.39, 0.29) is 0 Å². The molecule has 0 amide bonds. The van der Waals surface area contributed by atoms with Gasteiger partial charge in [0.15, 0.2) is 0 Å². The van der Waals surface area contributed by atoms with Gasteiger partial charge in [-0.05, 0) is 16.2 Å². The molecule has 2 nitrogen and oxygen atoms in total. The van der Waals surface area contributed by atoms with E-state index in [1.807, 2.05) is 6.92 Å². The normalized spacial score (nSPS) is 9.43. The van der Waals surface area contributed by atoms with Crippen molar-refractivity contribution >= 4 is 14.9 Å². The Morgan fingerprint density at radius 1 is 1.86 bits per heavy atom. The van der Waals surface area contributed by atoms with Crippen molar-refractivity contribution in [1.82, 2.24) is 4.98 Å². The van der Waals surface area contributed by atoms with Gasteiger partial charge >= 0.3 is 0 Å². The highest BCUT2D eigenvalue weighted by molar-refractivity contribution is 7.26. The van der Waals surface area contributed by atoms with Gasteiger partial charge in [0.05, 0.1) is 6.20 Å². The van der Waals surface area contributed by atoms with Crippen LogP contribution in [0.15, 0.2) is 10.6 Å². The van der Waals surface area contributed by atoms with Crippen LogP contribution in [-0.2, 0) is 0 Å². The van der Waals surface area contributed by atoms with E-state index in [0.29, 0.717) is 5.63 Å². The van der Waals surface area contributed by atoms with Crippen molar-refractivity contribution < 1.29 is 4.42 Å². The molecule has 0 N–H and O–H groups in total. The van der Waals surface area contributed by atoms with Gasteiger partial charge in [-0.1, -0.05) is 0 Å². The van der Waals surface area contributed by atoms with Crippen LogP contribution in [0.5, 0.6) is 0 Å². The molecule has 38 valence electrons. The third-order valence-electron chi connectivity index (χ3n) is 0.639. The van der Waals surface area contributed by atoms with Crippen LogP contribution in [0.3, 0.4) is 0 Å². The van der Waals surface area contributed by atoms with Crippen LogP contribution in [0.4, 0.5) is 0 Å². The van der Waals surface area contributed by atoms with Gasteiger partial charge in [-0.2, -0.15) is 0 Å². The molecule has 0 aromatic carbocycles. The first kappa shape index (κ1) is 4.79. The second kappa shape index (κ2) is 1.63. The quantitative estimate of drug-likeness (QED) is 0.460. The molecule has 0 spiro atoms. The van der Waals surface area contributed by atoms with Crippen LogP contribution in [0.1, 0.15) is 5.76 Å². The predicted octanol–water partition coefficient (Wildman–Crippen LogP) is 0.483. The van der Waals surface area contributed by atoms with Crippen LogP contribution in [0, 0.1) is 6.92 Å². The summed E-state index contributed by atoms with van der Waals surface area (Å²) in [6, 6.07) is 0. The number of oxazole rings is 1. The van der Waals surface area contributed by atoms with Gasteiger partial charge in [0.25, 0.3) is 0 Å². The SMILES string of the molecule is Cc1cnc(P)o1. The van der Waals surface area contributed by atoms with Gasteiger partial charge in [-0.25, -0.2) is 4.98 Å². The zero-order chi connectivity index (χ0) is 5.28. The van der Waals surface area contributed by atoms with E-state index in [1.165, 1.54) is 0 Å². The average Bonchev–Trinajstić information content (AvgIpc) is 1.87. The number of aryl methyl sites for hydroxylation is 1. The third kappa shape index (κ3) is 1.00. The van der Waals surface area contributed by atoms with Crippen LogP contribution in [0.2, 0.25) is 0 Å². The summed E-state index contributed by atoms with van der Waals surface area (Å²) in [6.07, 6.45) is 1.68. The smallest absolute Gasteiger partial charge is 0.209 e. The summed E-state index contributed by atoms with van der Waals surface area (Å²) >= 11 is 0. The van der Waals surface area contributed by atoms with Crippen molar-refractivity contribution in [2.45, 2.75) is 6.92 Å². The molecule has 1 atom stereocenters. The zero-order valence-electron chi connectivity index (χ0n) is 4.01. The van der Waals surface area contributed by atoms with E-state index < -0.39 is 0 Å². The summed E-state index contributed by atoms with van der Waals surface area (Å²) in [5.74, 6) is 0.852. The topological polar surface area (TPSA) is 26.0 Å². The largest absolute Gasteiger partial charge is 0.443 e. The minimum Gasteiger partial charge on any atom is -0.443 e. The maximum atomic E-state index is 4.94. The lowest BCUT2D eigenvalue weighted by Gasteiger charge is -1.73. The van der Waals surface area contributed by atoms with Crippen molar-refractivity contribution in [1.29, 1.82) is 0 Å². The first-order valence-corrected chi connectivity index (χ1v) is 2.54. The van der Waals surface area contributed by atoms with E-state index in [2.05, 4.69) is 14.2 Å². The fourth-order valence-electron chi connectivity index (χ4n) is 0.372. The molecule has 0 saturated carbocycles. The molecule has 3 heteroatoms. The summed E-state index contributed by atoms with van der Waals surface area (Å²) in [7, 11) is 2.37. The van der Waals surface area contributed by atoms with Gasteiger partial charge in [0.1, 0.15) is 5.76 Å². The first-order chi connectivity index (χ1) is 3.29. The molecular weight excluding hydrogens is 109 g/mol. The average molecular weight is 115 g/mol. The van der Waals surface area contributed by atoms with Crippen molar-refractivity contribution in [3.63, 3.8) is 0 Å². The molecule has 0 radical (unpaired) electrons. The fraction of sp³-hybridized carbons (Fsp3) is 0.250. The van der Waals surface area contributed by atoms with E-state index in [4.69, 9.17) is 4.42 Å². The Morgan fingerprint density at radius 2 is 2.57 bits per heavy atom. The van der Waals surface area contributed by atoms with E-state index in [0.717, 1.165) is 5.76 Å². The fourth-order valence-corrected chi connectivity index (χ4v) is 0.633. The second-order valence-electron chi connectivity index (χ2n) is 1.31. The van der Waals surface area contributed by atoms with Crippen LogP contribution in [-0.4, -0.2) is 4.98 Å². The molecule has 0 bridgehead atoms. The highest BCUT2D eigenvalue weighted by Crippen LogP contribution is 1.92. The molecule has 0 aliphatic heterocycles. The summed E-state index contributed by atoms with van der Waals surface area (Å²) in [4.78, 5) is 3.81. The summed E-state index contributed by atoms with van der Waals surface area (Å²) < 4.78 is 4.94. The molecule has 0 saturated heterocycles. The van der Waals surface area contributed by atoms with Crippen LogP contribution < -0.4 is 5.63 Å². The Balaban J connectivity index is 3.04. The van der Waals surface area contributed by atoms with Crippen LogP contribution in [0.25, 0.3) is 0 Å². The third-order valence-corrected chi connectivity index (χ3v) is 0.906. The minimum atomic E-state index is 0.650. The molecule has 1 aromatic rings. The van der Waals surface area contributed by atoms with Crippen molar-refractivity contribution in [2.24, 2.45) is 0 Å². The van der Waals surface area contributed by atoms with Crippen molar-refractivity contribution in [3.8, 4) is 0 Å². The molecule has 1 aromatic heterocycles. The van der Waals surface area contributed by atoms with Crippen molar-refractivity contribution in [2.75, 3.05) is 0 Å². The molecule has 0 aliphatic rings. The van der Waals surface area contributed by atoms with E-state index in [9.17, 15) is 0 Å². The molecule has 1 rings (SSSR count). The molecule has 0 fully saturated rings. The number of aromatic nitrogens is 1. The van der Waals surface area contributed by atoms with Gasteiger partial charge < -0.3 is 4.42 Å².